The highest BCUT2D eigenvalue weighted by atomic mass is 16.5. The van der Waals surface area contributed by atoms with Gasteiger partial charge in [-0.3, -0.25) is 10.4 Å². The van der Waals surface area contributed by atoms with Crippen molar-refractivity contribution in [3.8, 4) is 6.01 Å². The summed E-state index contributed by atoms with van der Waals surface area (Å²) in [6.07, 6.45) is 3.52. The Bertz CT molecular complexity index is 750. The number of ether oxygens (including phenoxy) is 1. The maximum Gasteiger partial charge on any atom is 0.322 e. The van der Waals surface area contributed by atoms with Crippen LogP contribution in [0.4, 0.5) is 17.6 Å². The van der Waals surface area contributed by atoms with Crippen LogP contribution < -0.4 is 21.3 Å². The molecule has 8 nitrogen and oxygen atoms in total. The number of rotatable bonds is 4. The Balaban J connectivity index is 2.02. The van der Waals surface area contributed by atoms with E-state index in [4.69, 9.17) is 10.6 Å². The molecule has 8 heteroatoms. The number of nitrogens with one attached hydrogen (secondary N) is 2. The third kappa shape index (κ3) is 2.65. The van der Waals surface area contributed by atoms with E-state index < -0.39 is 0 Å². The number of nitrogens with two attached hydrogens (primary N) is 1. The fourth-order valence-electron chi connectivity index (χ4n) is 1.91. The summed E-state index contributed by atoms with van der Waals surface area (Å²) in [6.45, 7) is 0. The molecule has 106 valence electrons. The first-order chi connectivity index (χ1) is 10.3. The topological polar surface area (TPSA) is 111 Å². The van der Waals surface area contributed by atoms with Crippen LogP contribution in [0.25, 0.3) is 10.8 Å². The summed E-state index contributed by atoms with van der Waals surface area (Å²) in [7, 11) is 1.47. The van der Waals surface area contributed by atoms with Crippen molar-refractivity contribution in [3.63, 3.8) is 0 Å². The third-order valence-electron chi connectivity index (χ3n) is 2.86. The van der Waals surface area contributed by atoms with Crippen molar-refractivity contribution in [2.45, 2.75) is 0 Å². The van der Waals surface area contributed by atoms with Gasteiger partial charge in [0.1, 0.15) is 0 Å². The molecule has 21 heavy (non-hydrogen) atoms. The van der Waals surface area contributed by atoms with Crippen molar-refractivity contribution >= 4 is 28.4 Å². The lowest BCUT2D eigenvalue weighted by atomic mass is 10.1. The molecule has 0 atom stereocenters. The highest BCUT2D eigenvalue weighted by molar-refractivity contribution is 5.94. The first-order valence-electron chi connectivity index (χ1n) is 6.16. The minimum absolute atomic E-state index is 0.166. The number of aromatic nitrogens is 4. The smallest absolute Gasteiger partial charge is 0.322 e. The molecule has 3 rings (SSSR count). The van der Waals surface area contributed by atoms with Gasteiger partial charge in [-0.2, -0.15) is 15.0 Å². The molecule has 0 bridgehead atoms. The van der Waals surface area contributed by atoms with Gasteiger partial charge in [0.15, 0.2) is 0 Å². The second kappa shape index (κ2) is 5.55. The lowest BCUT2D eigenvalue weighted by molar-refractivity contribution is 0.379. The number of hydrazine groups is 1. The Labute approximate surface area is 120 Å². The number of anilines is 3. The summed E-state index contributed by atoms with van der Waals surface area (Å²) in [5, 5.41) is 5.14. The van der Waals surface area contributed by atoms with Crippen LogP contribution in [0.5, 0.6) is 6.01 Å². The fourth-order valence-corrected chi connectivity index (χ4v) is 1.91. The number of methoxy groups -OCH3 is 1. The molecule has 2 aromatic heterocycles. The second-order valence-corrected chi connectivity index (χ2v) is 4.14. The minimum Gasteiger partial charge on any atom is -0.467 e. The Morgan fingerprint density at radius 2 is 1.95 bits per heavy atom. The van der Waals surface area contributed by atoms with Crippen LogP contribution in [0.15, 0.2) is 36.7 Å². The number of pyridine rings is 1. The number of benzene rings is 1. The van der Waals surface area contributed by atoms with E-state index in [2.05, 4.69) is 30.7 Å². The summed E-state index contributed by atoms with van der Waals surface area (Å²) >= 11 is 0. The summed E-state index contributed by atoms with van der Waals surface area (Å²) in [4.78, 5) is 16.3. The standard InChI is InChI=1S/C13H13N7O/c1-21-13-18-11(17-12(19-13)20-14)16-10-4-2-3-8-5-6-15-7-9(8)10/h2-7H,14H2,1H3,(H2,16,17,18,19,20). The maximum atomic E-state index is 5.33. The Morgan fingerprint density at radius 3 is 2.76 bits per heavy atom. The fraction of sp³-hybridized carbons (Fsp3) is 0.0769. The van der Waals surface area contributed by atoms with E-state index in [-0.39, 0.29) is 12.0 Å². The molecule has 0 aliphatic carbocycles. The zero-order valence-corrected chi connectivity index (χ0v) is 11.2. The van der Waals surface area contributed by atoms with Gasteiger partial charge in [-0.15, -0.1) is 0 Å². The Kier molecular flexibility index (Phi) is 3.44. The Hall–Kier alpha value is -3.00. The maximum absolute atomic E-state index is 5.33. The van der Waals surface area contributed by atoms with Gasteiger partial charge in [0.2, 0.25) is 11.9 Å². The molecule has 4 N–H and O–H groups in total. The first kappa shape index (κ1) is 13.0. The molecule has 3 aromatic rings. The lowest BCUT2D eigenvalue weighted by Gasteiger charge is -2.09. The zero-order valence-electron chi connectivity index (χ0n) is 11.2. The van der Waals surface area contributed by atoms with Gasteiger partial charge in [-0.1, -0.05) is 12.1 Å². The van der Waals surface area contributed by atoms with Crippen molar-refractivity contribution in [3.05, 3.63) is 36.7 Å². The van der Waals surface area contributed by atoms with Crippen LogP contribution in [-0.4, -0.2) is 27.0 Å². The van der Waals surface area contributed by atoms with Crippen LogP contribution >= 0.6 is 0 Å². The molecule has 0 aliphatic heterocycles. The molecular weight excluding hydrogens is 270 g/mol. The molecule has 0 radical (unpaired) electrons. The molecule has 0 fully saturated rings. The lowest BCUT2D eigenvalue weighted by Crippen LogP contribution is -2.13. The zero-order chi connectivity index (χ0) is 14.7. The van der Waals surface area contributed by atoms with E-state index in [0.29, 0.717) is 5.95 Å². The SMILES string of the molecule is COc1nc(NN)nc(Nc2cccc3ccncc23)n1. The molecule has 0 aliphatic rings. The second-order valence-electron chi connectivity index (χ2n) is 4.14. The average molecular weight is 283 g/mol. The molecule has 0 amide bonds. The monoisotopic (exact) mass is 283 g/mol. The predicted octanol–water partition coefficient (Wildman–Crippen LogP) is 1.46. The van der Waals surface area contributed by atoms with E-state index in [1.54, 1.807) is 12.4 Å². The van der Waals surface area contributed by atoms with Crippen molar-refractivity contribution < 1.29 is 4.74 Å². The van der Waals surface area contributed by atoms with Crippen molar-refractivity contribution in [1.82, 2.24) is 19.9 Å². The van der Waals surface area contributed by atoms with Crippen molar-refractivity contribution in [1.29, 1.82) is 0 Å². The van der Waals surface area contributed by atoms with Gasteiger partial charge < -0.3 is 10.1 Å². The van der Waals surface area contributed by atoms with Crippen LogP contribution in [0.2, 0.25) is 0 Å². The molecule has 2 heterocycles. The number of hydrogen-bond acceptors (Lipinski definition) is 8. The van der Waals surface area contributed by atoms with Crippen LogP contribution in [0, 0.1) is 0 Å². The summed E-state index contributed by atoms with van der Waals surface area (Å²) in [6, 6.07) is 7.95. The summed E-state index contributed by atoms with van der Waals surface area (Å²) < 4.78 is 5.01. The highest BCUT2D eigenvalue weighted by Crippen LogP contribution is 2.24. The quantitative estimate of drug-likeness (QED) is 0.487. The van der Waals surface area contributed by atoms with E-state index in [9.17, 15) is 0 Å². The van der Waals surface area contributed by atoms with Crippen LogP contribution in [0.1, 0.15) is 0 Å². The van der Waals surface area contributed by atoms with Gasteiger partial charge in [0.05, 0.1) is 12.8 Å². The molecule has 0 unspecified atom stereocenters. The average Bonchev–Trinajstić information content (AvgIpc) is 2.55. The third-order valence-corrected chi connectivity index (χ3v) is 2.86. The number of nitrogen functional groups attached to an aromatic ring is 1. The van der Waals surface area contributed by atoms with E-state index in [1.165, 1.54) is 7.11 Å². The highest BCUT2D eigenvalue weighted by Gasteiger charge is 2.08. The van der Waals surface area contributed by atoms with E-state index in [0.717, 1.165) is 16.5 Å². The number of hydrogen-bond donors (Lipinski definition) is 3. The minimum atomic E-state index is 0.166. The normalized spacial score (nSPS) is 10.4. The number of fused-ring (bicyclic) bond motifs is 1. The first-order valence-corrected chi connectivity index (χ1v) is 6.16. The van der Waals surface area contributed by atoms with Crippen molar-refractivity contribution in [2.24, 2.45) is 5.84 Å². The van der Waals surface area contributed by atoms with Gasteiger partial charge in [-0.25, -0.2) is 5.84 Å². The summed E-state index contributed by atoms with van der Waals surface area (Å²) in [5.74, 6) is 5.87. The molecular formula is C13H13N7O. The Morgan fingerprint density at radius 1 is 1.10 bits per heavy atom. The molecule has 0 saturated heterocycles. The molecule has 0 saturated carbocycles. The molecule has 1 aromatic carbocycles. The van der Waals surface area contributed by atoms with Gasteiger partial charge >= 0.3 is 6.01 Å². The van der Waals surface area contributed by atoms with E-state index >= 15 is 0 Å². The van der Waals surface area contributed by atoms with Crippen LogP contribution in [-0.2, 0) is 0 Å². The van der Waals surface area contributed by atoms with Crippen LogP contribution in [0.3, 0.4) is 0 Å². The van der Waals surface area contributed by atoms with Gasteiger partial charge in [0.25, 0.3) is 0 Å². The predicted molar refractivity (Wildman–Crippen MR) is 79.2 cm³/mol. The van der Waals surface area contributed by atoms with Gasteiger partial charge in [0, 0.05) is 17.8 Å². The van der Waals surface area contributed by atoms with Gasteiger partial charge in [-0.05, 0) is 17.5 Å². The largest absolute Gasteiger partial charge is 0.467 e. The van der Waals surface area contributed by atoms with E-state index in [1.807, 2.05) is 24.3 Å². The molecule has 0 spiro atoms. The summed E-state index contributed by atoms with van der Waals surface area (Å²) in [5.41, 5.74) is 3.20. The number of nitrogens with zero attached hydrogens (tertiary/aromatic N) is 4. The van der Waals surface area contributed by atoms with Crippen molar-refractivity contribution in [2.75, 3.05) is 17.9 Å².